The SMILES string of the molecule is CCOc1cc(C(=O)N/N=C/c2cccc(OCC(=O)Nc3ccc(C)c(Cl)c3)c2)ccc1OCc1ccccc1. The number of carbonyl (C=O) groups is 2. The molecule has 0 spiro atoms. The summed E-state index contributed by atoms with van der Waals surface area (Å²) < 4.78 is 17.2. The van der Waals surface area contributed by atoms with E-state index >= 15 is 0 Å². The molecule has 2 N–H and O–H groups in total. The van der Waals surface area contributed by atoms with E-state index in [2.05, 4.69) is 15.8 Å². The van der Waals surface area contributed by atoms with Gasteiger partial charge in [-0.05, 0) is 73.0 Å². The smallest absolute Gasteiger partial charge is 0.271 e. The quantitative estimate of drug-likeness (QED) is 0.151. The second-order valence-electron chi connectivity index (χ2n) is 8.94. The Bertz CT molecular complexity index is 1530. The first-order valence-corrected chi connectivity index (χ1v) is 13.3. The van der Waals surface area contributed by atoms with Gasteiger partial charge in [-0.15, -0.1) is 0 Å². The number of halogens is 1. The number of anilines is 1. The number of nitrogens with zero attached hydrogens (tertiary/aromatic N) is 1. The number of aryl methyl sites for hydroxylation is 1. The van der Waals surface area contributed by atoms with Gasteiger partial charge in [0.15, 0.2) is 18.1 Å². The molecule has 2 amide bonds. The Morgan fingerprint density at radius 2 is 1.71 bits per heavy atom. The van der Waals surface area contributed by atoms with E-state index in [1.807, 2.05) is 50.2 Å². The molecule has 8 nitrogen and oxygen atoms in total. The van der Waals surface area contributed by atoms with E-state index in [9.17, 15) is 9.59 Å². The van der Waals surface area contributed by atoms with Gasteiger partial charge in [0, 0.05) is 16.3 Å². The molecule has 0 aliphatic rings. The van der Waals surface area contributed by atoms with Gasteiger partial charge in [-0.1, -0.05) is 60.1 Å². The van der Waals surface area contributed by atoms with E-state index in [1.165, 1.54) is 6.21 Å². The highest BCUT2D eigenvalue weighted by atomic mass is 35.5. The molecule has 0 heterocycles. The summed E-state index contributed by atoms with van der Waals surface area (Å²) in [4.78, 5) is 25.0. The maximum atomic E-state index is 12.7. The zero-order valence-corrected chi connectivity index (χ0v) is 23.5. The maximum absolute atomic E-state index is 12.7. The number of hydrogen-bond donors (Lipinski definition) is 2. The largest absolute Gasteiger partial charge is 0.490 e. The first-order chi connectivity index (χ1) is 19.9. The lowest BCUT2D eigenvalue weighted by Crippen LogP contribution is -2.20. The molecule has 9 heteroatoms. The lowest BCUT2D eigenvalue weighted by atomic mass is 10.2. The number of hydrogen-bond acceptors (Lipinski definition) is 6. The fourth-order valence-electron chi connectivity index (χ4n) is 3.70. The summed E-state index contributed by atoms with van der Waals surface area (Å²) in [5, 5.41) is 7.38. The molecule has 0 radical (unpaired) electrons. The van der Waals surface area contributed by atoms with E-state index in [0.717, 1.165) is 11.1 Å². The van der Waals surface area contributed by atoms with Gasteiger partial charge in [-0.3, -0.25) is 9.59 Å². The molecule has 4 rings (SSSR count). The van der Waals surface area contributed by atoms with Crippen molar-refractivity contribution in [1.82, 2.24) is 5.43 Å². The molecule has 0 aliphatic carbocycles. The monoisotopic (exact) mass is 571 g/mol. The molecule has 0 unspecified atom stereocenters. The first kappa shape index (κ1) is 29.2. The zero-order chi connectivity index (χ0) is 29.0. The molecule has 4 aromatic rings. The molecule has 0 saturated heterocycles. The Balaban J connectivity index is 1.30. The molecule has 210 valence electrons. The second kappa shape index (κ2) is 14.5. The Labute approximate surface area is 243 Å². The fraction of sp³-hybridized carbons (Fsp3) is 0.156. The number of ether oxygens (including phenoxy) is 3. The van der Waals surface area contributed by atoms with Crippen LogP contribution in [0, 0.1) is 6.92 Å². The van der Waals surface area contributed by atoms with Gasteiger partial charge in [-0.2, -0.15) is 5.10 Å². The van der Waals surface area contributed by atoms with Gasteiger partial charge < -0.3 is 19.5 Å². The zero-order valence-electron chi connectivity index (χ0n) is 22.7. The van der Waals surface area contributed by atoms with E-state index in [-0.39, 0.29) is 12.5 Å². The average Bonchev–Trinajstić information content (AvgIpc) is 2.98. The third-order valence-electron chi connectivity index (χ3n) is 5.81. The van der Waals surface area contributed by atoms with Crippen LogP contribution >= 0.6 is 11.6 Å². The summed E-state index contributed by atoms with van der Waals surface area (Å²) in [6, 6.07) is 27.0. The Kier molecular flexibility index (Phi) is 10.3. The molecule has 0 atom stereocenters. The maximum Gasteiger partial charge on any atom is 0.271 e. The number of rotatable bonds is 12. The van der Waals surface area contributed by atoms with E-state index < -0.39 is 5.91 Å². The van der Waals surface area contributed by atoms with Crippen molar-refractivity contribution in [2.45, 2.75) is 20.5 Å². The van der Waals surface area contributed by atoms with Gasteiger partial charge in [0.1, 0.15) is 12.4 Å². The van der Waals surface area contributed by atoms with Crippen LogP contribution in [0.25, 0.3) is 0 Å². The summed E-state index contributed by atoms with van der Waals surface area (Å²) >= 11 is 6.11. The van der Waals surface area contributed by atoms with Gasteiger partial charge in [-0.25, -0.2) is 5.43 Å². The summed E-state index contributed by atoms with van der Waals surface area (Å²) in [5.74, 6) is 0.768. The summed E-state index contributed by atoms with van der Waals surface area (Å²) in [6.45, 7) is 4.37. The van der Waals surface area contributed by atoms with Crippen LogP contribution < -0.4 is 25.0 Å². The Morgan fingerprint density at radius 3 is 2.49 bits per heavy atom. The van der Waals surface area contributed by atoms with Crippen molar-refractivity contribution in [3.8, 4) is 17.2 Å². The minimum atomic E-state index is -0.405. The van der Waals surface area contributed by atoms with Crippen molar-refractivity contribution in [2.24, 2.45) is 5.10 Å². The lowest BCUT2D eigenvalue weighted by Gasteiger charge is -2.13. The van der Waals surface area contributed by atoms with Gasteiger partial charge in [0.2, 0.25) is 0 Å². The molecule has 0 aromatic heterocycles. The summed E-state index contributed by atoms with van der Waals surface area (Å²) in [7, 11) is 0. The van der Waals surface area contributed by atoms with E-state index in [0.29, 0.717) is 52.3 Å². The normalized spacial score (nSPS) is 10.7. The van der Waals surface area contributed by atoms with E-state index in [1.54, 1.807) is 54.6 Å². The molecule has 0 saturated carbocycles. The molecule has 4 aromatic carbocycles. The van der Waals surface area contributed by atoms with Crippen LogP contribution in [-0.4, -0.2) is 31.2 Å². The molecule has 0 fully saturated rings. The fourth-order valence-corrected chi connectivity index (χ4v) is 3.88. The molecule has 0 aliphatic heterocycles. The molecule has 41 heavy (non-hydrogen) atoms. The molecular weight excluding hydrogens is 542 g/mol. The topological polar surface area (TPSA) is 98.3 Å². The number of carbonyl (C=O) groups excluding carboxylic acids is 2. The average molecular weight is 572 g/mol. The molecule has 0 bridgehead atoms. The van der Waals surface area contributed by atoms with Crippen LogP contribution in [-0.2, 0) is 11.4 Å². The lowest BCUT2D eigenvalue weighted by molar-refractivity contribution is -0.118. The van der Waals surface area contributed by atoms with Crippen LogP contribution in [0.5, 0.6) is 17.2 Å². The predicted octanol–water partition coefficient (Wildman–Crippen LogP) is 6.41. The van der Waals surface area contributed by atoms with Crippen molar-refractivity contribution in [3.63, 3.8) is 0 Å². The van der Waals surface area contributed by atoms with Gasteiger partial charge in [0.25, 0.3) is 11.8 Å². The third-order valence-corrected chi connectivity index (χ3v) is 6.21. The van der Waals surface area contributed by atoms with Crippen LogP contribution in [0.3, 0.4) is 0 Å². The minimum absolute atomic E-state index is 0.184. The van der Waals surface area contributed by atoms with Crippen LogP contribution in [0.2, 0.25) is 5.02 Å². The minimum Gasteiger partial charge on any atom is -0.490 e. The standard InChI is InChI=1S/C32H30ClN3O5/c1-3-39-30-17-25(13-15-29(30)41-20-23-8-5-4-6-9-23)32(38)36-34-19-24-10-7-11-27(16-24)40-21-31(37)35-26-14-12-22(2)28(33)18-26/h4-19H,3,20-21H2,1-2H3,(H,35,37)(H,36,38)/b34-19+. The number of nitrogens with one attached hydrogen (secondary N) is 2. The van der Waals surface area contributed by atoms with E-state index in [4.69, 9.17) is 25.8 Å². The first-order valence-electron chi connectivity index (χ1n) is 13.0. The van der Waals surface area contributed by atoms with Crippen molar-refractivity contribution in [2.75, 3.05) is 18.5 Å². The second-order valence-corrected chi connectivity index (χ2v) is 9.35. The van der Waals surface area contributed by atoms with Crippen molar-refractivity contribution >= 4 is 35.3 Å². The highest BCUT2D eigenvalue weighted by molar-refractivity contribution is 6.31. The highest BCUT2D eigenvalue weighted by Crippen LogP contribution is 2.29. The predicted molar refractivity (Wildman–Crippen MR) is 160 cm³/mol. The number of amides is 2. The molecular formula is C32H30ClN3O5. The van der Waals surface area contributed by atoms with Gasteiger partial charge >= 0.3 is 0 Å². The van der Waals surface area contributed by atoms with Crippen LogP contribution in [0.1, 0.15) is 34.0 Å². The Hall–Kier alpha value is -4.82. The van der Waals surface area contributed by atoms with Gasteiger partial charge in [0.05, 0.1) is 12.8 Å². The summed E-state index contributed by atoms with van der Waals surface area (Å²) in [5.41, 5.74) is 6.10. The van der Waals surface area contributed by atoms with Crippen molar-refractivity contribution in [3.05, 3.63) is 118 Å². The number of hydrazone groups is 1. The Morgan fingerprint density at radius 1 is 0.878 bits per heavy atom. The highest BCUT2D eigenvalue weighted by Gasteiger charge is 2.12. The van der Waals surface area contributed by atoms with Crippen molar-refractivity contribution in [1.29, 1.82) is 0 Å². The number of benzene rings is 4. The van der Waals surface area contributed by atoms with Crippen LogP contribution in [0.4, 0.5) is 5.69 Å². The van der Waals surface area contributed by atoms with Crippen molar-refractivity contribution < 1.29 is 23.8 Å². The third kappa shape index (κ3) is 8.84. The summed E-state index contributed by atoms with van der Waals surface area (Å²) in [6.07, 6.45) is 1.49. The van der Waals surface area contributed by atoms with Crippen LogP contribution in [0.15, 0.2) is 96.1 Å².